The van der Waals surface area contributed by atoms with Gasteiger partial charge in [-0.15, -0.1) is 0 Å². The first-order chi connectivity index (χ1) is 45.4. The van der Waals surface area contributed by atoms with Crippen molar-refractivity contribution in [2.75, 3.05) is 33.0 Å². The van der Waals surface area contributed by atoms with E-state index in [0.717, 1.165) is 0 Å². The van der Waals surface area contributed by atoms with Crippen LogP contribution in [0.1, 0.15) is 113 Å². The van der Waals surface area contributed by atoms with Crippen LogP contribution in [0, 0.1) is 50.2 Å². The van der Waals surface area contributed by atoms with Gasteiger partial charge in [0.1, 0.15) is 128 Å². The van der Waals surface area contributed by atoms with Crippen molar-refractivity contribution < 1.29 is 159 Å². The minimum absolute atomic E-state index is 0.00871. The Morgan fingerprint density at radius 3 is 1.65 bits per heavy atom. The van der Waals surface area contributed by atoms with E-state index in [1.165, 1.54) is 12.5 Å². The summed E-state index contributed by atoms with van der Waals surface area (Å²) in [5.74, 6) is -2.13. The molecule has 0 amide bonds. The quantitative estimate of drug-likeness (QED) is 0.0478. The molecule has 10 fully saturated rings. The molecule has 32 heteroatoms. The van der Waals surface area contributed by atoms with E-state index in [1.54, 1.807) is 0 Å². The highest BCUT2D eigenvalue weighted by Gasteiger charge is 2.71. The lowest BCUT2D eigenvalue weighted by Crippen LogP contribution is -2.69. The number of carboxylic acid groups (broad SMARTS) is 1. The van der Waals surface area contributed by atoms with E-state index in [2.05, 4.69) is 40.7 Å². The number of rotatable bonds is 17. The molecule has 6 heterocycles. The average Bonchev–Trinajstić information content (AvgIpc) is 0.662. The number of hydrogen-bond acceptors (Lipinski definition) is 31. The van der Waals surface area contributed by atoms with Gasteiger partial charge in [-0.25, -0.2) is 4.79 Å². The summed E-state index contributed by atoms with van der Waals surface area (Å²) in [7, 11) is 0. The molecule has 0 aromatic rings. The number of aliphatic hydroxyl groups is 18. The van der Waals surface area contributed by atoms with Crippen LogP contribution in [0.2, 0.25) is 0 Å². The lowest BCUT2D eigenvalue weighted by molar-refractivity contribution is -0.406. The molecule has 0 aromatic heterocycles. The highest BCUT2D eigenvalue weighted by molar-refractivity contribution is 5.73. The van der Waals surface area contributed by atoms with E-state index >= 15 is 0 Å². The van der Waals surface area contributed by atoms with Gasteiger partial charge in [-0.1, -0.05) is 60.1 Å². The lowest BCUT2D eigenvalue weighted by Gasteiger charge is -2.72. The van der Waals surface area contributed by atoms with Crippen molar-refractivity contribution in [3.8, 4) is 0 Å². The molecule has 6 saturated heterocycles. The summed E-state index contributed by atoms with van der Waals surface area (Å²) in [6.07, 6.45) is -47.0. The zero-order valence-electron chi connectivity index (χ0n) is 55.9. The zero-order valence-corrected chi connectivity index (χ0v) is 55.9. The van der Waals surface area contributed by atoms with Crippen LogP contribution < -0.4 is 0 Å². The summed E-state index contributed by atoms with van der Waals surface area (Å²) < 4.78 is 73.6. The van der Waals surface area contributed by atoms with Gasteiger partial charge in [0.05, 0.1) is 51.3 Å². The molecule has 0 aromatic carbocycles. The number of aliphatic carboxylic acids is 1. The van der Waals surface area contributed by atoms with Crippen molar-refractivity contribution in [1.29, 1.82) is 0 Å². The first-order valence-electron chi connectivity index (χ1n) is 34.2. The third kappa shape index (κ3) is 13.2. The largest absolute Gasteiger partial charge is 0.479 e. The molecule has 0 bridgehead atoms. The van der Waals surface area contributed by atoms with Gasteiger partial charge in [0.25, 0.3) is 0 Å². The number of allylic oxidation sites excluding steroid dienone is 2. The van der Waals surface area contributed by atoms with Crippen LogP contribution in [0.25, 0.3) is 0 Å². The Balaban J connectivity index is 0.882. The third-order valence-electron chi connectivity index (χ3n) is 25.3. The fraction of sp³-hybridized carbons (Fsp3) is 0.954. The number of fused-ring (bicyclic) bond motifs is 7. The van der Waals surface area contributed by atoms with E-state index in [0.29, 0.717) is 57.8 Å². The molecule has 38 atom stereocenters. The summed E-state index contributed by atoms with van der Waals surface area (Å²) in [5, 5.41) is 209. The monoisotopic (exact) mass is 1400 g/mol. The predicted octanol–water partition coefficient (Wildman–Crippen LogP) is -5.18. The topological polar surface area (TPSA) is 512 Å². The minimum Gasteiger partial charge on any atom is -0.479 e. The van der Waals surface area contributed by atoms with E-state index in [1.807, 2.05) is 13.8 Å². The summed E-state index contributed by atoms with van der Waals surface area (Å²) in [5.41, 5.74) is -2.26. The number of aliphatic hydroxyl groups excluding tert-OH is 18. The number of hydrogen-bond donors (Lipinski definition) is 19. The van der Waals surface area contributed by atoms with E-state index in [-0.39, 0.29) is 29.8 Å². The van der Waals surface area contributed by atoms with Crippen molar-refractivity contribution in [3.63, 3.8) is 0 Å². The molecule has 0 spiro atoms. The zero-order chi connectivity index (χ0) is 70.9. The van der Waals surface area contributed by atoms with Crippen LogP contribution in [0.5, 0.6) is 0 Å². The number of ether oxygens (including phenoxy) is 12. The van der Waals surface area contributed by atoms with Crippen molar-refractivity contribution in [2.45, 2.75) is 304 Å². The molecule has 19 N–H and O–H groups in total. The molecule has 0 radical (unpaired) electrons. The maximum atomic E-state index is 13.3. The second kappa shape index (κ2) is 28.5. The summed E-state index contributed by atoms with van der Waals surface area (Å²) >= 11 is 0. The fourth-order valence-electron chi connectivity index (χ4n) is 19.2. The second-order valence-corrected chi connectivity index (χ2v) is 31.7. The predicted molar refractivity (Wildman–Crippen MR) is 322 cm³/mol. The van der Waals surface area contributed by atoms with Gasteiger partial charge in [-0.05, 0) is 110 Å². The number of carboxylic acids is 1. The standard InChI is InChI=1S/C65H106O32/c1-24-35(71)40(76)45(81)55(88-24)96-51-43(79)39(75)30(21-68)91-58(51)93-48-47(83)49(53(84)85)94-59(52(48)97-56-46(82)41(77)37(73)28(19-66)89-56)92-34-12-13-62(6)31(61(34,4)5)11-14-63(7)32(62)10-9-25-26-17-60(2,3)15-16-65(26,33(70)18-64(25,63)8)23-87-57-50(42(78)38(74)29(20-67)90-57)95-54-44(80)36(72)27(69)22-86-54/h9,24,26-52,54-59,66-83H,10-23H2,1-8H3,(H,84,85)/t24-,26-,27+,28+,29+,30+,31-,32+,33+,34-,35-,36-,37+,38+,39-,40+,41-,42-,43-,44+,45+,46+,47-,48-,49-,50+,51+,52+,54-,55-,56-,57+,58-,59+,62-,63+,64+,65+/m0/s1. The highest BCUT2D eigenvalue weighted by atomic mass is 16.8. The Labute approximate surface area is 561 Å². The van der Waals surface area contributed by atoms with E-state index in [4.69, 9.17) is 56.8 Å². The van der Waals surface area contributed by atoms with Gasteiger partial charge >= 0.3 is 5.97 Å². The maximum absolute atomic E-state index is 13.3. The molecule has 0 unspecified atom stereocenters. The van der Waals surface area contributed by atoms with Crippen LogP contribution in [-0.2, 0) is 61.6 Å². The highest BCUT2D eigenvalue weighted by Crippen LogP contribution is 2.76. The van der Waals surface area contributed by atoms with Gasteiger partial charge < -0.3 is 154 Å². The Morgan fingerprint density at radius 2 is 1.03 bits per heavy atom. The van der Waals surface area contributed by atoms with Crippen LogP contribution in [-0.4, -0.2) is 326 Å². The lowest BCUT2D eigenvalue weighted by atomic mass is 9.33. The normalized spacial score (nSPS) is 54.5. The average molecular weight is 1400 g/mol. The Kier molecular flexibility index (Phi) is 22.4. The molecule has 11 rings (SSSR count). The van der Waals surface area contributed by atoms with Crippen LogP contribution in [0.15, 0.2) is 11.6 Å². The fourth-order valence-corrected chi connectivity index (χ4v) is 19.2. The number of carbonyl (C=O) groups is 1. The Morgan fingerprint density at radius 1 is 0.505 bits per heavy atom. The Hall–Kier alpha value is -1.99. The molecule has 11 aliphatic rings. The molecule has 97 heavy (non-hydrogen) atoms. The van der Waals surface area contributed by atoms with E-state index in [9.17, 15) is 102 Å². The first kappa shape index (κ1) is 76.1. The first-order valence-corrected chi connectivity index (χ1v) is 34.2. The molecular formula is C65H106O32. The smallest absolute Gasteiger partial charge is 0.335 e. The second-order valence-electron chi connectivity index (χ2n) is 31.7. The third-order valence-corrected chi connectivity index (χ3v) is 25.3. The van der Waals surface area contributed by atoms with Crippen LogP contribution >= 0.6 is 0 Å². The molecule has 4 saturated carbocycles. The van der Waals surface area contributed by atoms with Crippen molar-refractivity contribution in [1.82, 2.24) is 0 Å². The molecule has 6 aliphatic heterocycles. The molecule has 5 aliphatic carbocycles. The molecular weight excluding hydrogens is 1290 g/mol. The van der Waals surface area contributed by atoms with Crippen molar-refractivity contribution in [2.24, 2.45) is 50.2 Å². The summed E-state index contributed by atoms with van der Waals surface area (Å²) in [6.45, 7) is 13.5. The molecule has 32 nitrogen and oxygen atoms in total. The van der Waals surface area contributed by atoms with Gasteiger partial charge in [0, 0.05) is 5.41 Å². The molecule has 558 valence electrons. The minimum atomic E-state index is -2.30. The van der Waals surface area contributed by atoms with E-state index < -0.39 is 250 Å². The Bertz CT molecular complexity index is 2730. The van der Waals surface area contributed by atoms with Gasteiger partial charge in [-0.3, -0.25) is 0 Å². The summed E-state index contributed by atoms with van der Waals surface area (Å²) in [6, 6.07) is 0. The van der Waals surface area contributed by atoms with Gasteiger partial charge in [-0.2, -0.15) is 0 Å². The van der Waals surface area contributed by atoms with Crippen molar-refractivity contribution >= 4 is 5.97 Å². The van der Waals surface area contributed by atoms with Gasteiger partial charge in [0.15, 0.2) is 43.8 Å². The van der Waals surface area contributed by atoms with Crippen LogP contribution in [0.4, 0.5) is 0 Å². The van der Waals surface area contributed by atoms with Gasteiger partial charge in [0.2, 0.25) is 0 Å². The maximum Gasteiger partial charge on any atom is 0.335 e. The van der Waals surface area contributed by atoms with Crippen LogP contribution in [0.3, 0.4) is 0 Å². The summed E-state index contributed by atoms with van der Waals surface area (Å²) in [4.78, 5) is 13.3. The van der Waals surface area contributed by atoms with Crippen molar-refractivity contribution in [3.05, 3.63) is 11.6 Å². The SMILES string of the molecule is C[C@@H]1O[C@@H](O[C@H]2[C@H](O[C@H]3[C@H](O)[C@@H](C(=O)O)O[C@@H](O[C@H]4CC[C@]5(C)[C@H]6CC=C7[C@@H]8CC(C)(C)CC[C@]8(CO[C@@H]8O[C@H](CO)[C@@H](O)[C@H](O)[C@H]8O[C@@H]8OC[C@@H](O)[C@H](O)[C@H]8O)[C@H](O)C[C@@]7(C)[C@]6(C)CC[C@H]5C4(C)C)[C@@H]3O[C@@H]3O[C@H](CO)[C@@H](O)[C@H](O)[C@H]3O)O[C@H](CO)[C@H](O)[C@@H]2O)[C@H](O)[C@H](O)[C@H]1O.